The van der Waals surface area contributed by atoms with E-state index >= 15 is 0 Å². The van der Waals surface area contributed by atoms with E-state index < -0.39 is 0 Å². The van der Waals surface area contributed by atoms with Crippen LogP contribution in [-0.2, 0) is 10.8 Å². The minimum Gasteiger partial charge on any atom is -0.311 e. The molecule has 0 amide bonds. The number of para-hydroxylation sites is 2. The maximum absolute atomic E-state index is 5.49. The van der Waals surface area contributed by atoms with Crippen LogP contribution in [0.3, 0.4) is 0 Å². The molecular formula is C55H48BN5. The zero-order valence-corrected chi connectivity index (χ0v) is 35.6. The van der Waals surface area contributed by atoms with Crippen LogP contribution < -0.4 is 31.2 Å². The highest BCUT2D eigenvalue weighted by Crippen LogP contribution is 2.47. The number of anilines is 9. The molecule has 0 N–H and O–H groups in total. The summed E-state index contributed by atoms with van der Waals surface area (Å²) in [6, 6.07) is 64.5. The van der Waals surface area contributed by atoms with E-state index in [2.05, 4.69) is 243 Å². The monoisotopic (exact) mass is 789 g/mol. The van der Waals surface area contributed by atoms with Crippen molar-refractivity contribution >= 4 is 91.0 Å². The van der Waals surface area contributed by atoms with Gasteiger partial charge in [-0.2, -0.15) is 0 Å². The molecule has 0 radical (unpaired) electrons. The molecule has 0 aliphatic carbocycles. The molecule has 0 saturated heterocycles. The van der Waals surface area contributed by atoms with E-state index in [0.717, 1.165) is 62.6 Å². The Morgan fingerprint density at radius 1 is 0.508 bits per heavy atom. The van der Waals surface area contributed by atoms with Gasteiger partial charge in [0.15, 0.2) is 0 Å². The fraction of sp³-hybridized carbons (Fsp3) is 0.145. The molecule has 2 aromatic heterocycles. The van der Waals surface area contributed by atoms with Crippen molar-refractivity contribution in [1.82, 2.24) is 9.38 Å². The van der Waals surface area contributed by atoms with Gasteiger partial charge in [0.05, 0.1) is 11.3 Å². The fourth-order valence-corrected chi connectivity index (χ4v) is 9.80. The number of fused-ring (bicyclic) bond motifs is 7. The molecule has 0 bridgehead atoms. The van der Waals surface area contributed by atoms with Crippen molar-refractivity contribution in [1.29, 1.82) is 0 Å². The summed E-state index contributed by atoms with van der Waals surface area (Å²) >= 11 is 0. The summed E-state index contributed by atoms with van der Waals surface area (Å²) in [6.07, 6.45) is 2.15. The molecule has 2 aliphatic rings. The predicted molar refractivity (Wildman–Crippen MR) is 259 cm³/mol. The number of benzene rings is 7. The van der Waals surface area contributed by atoms with Crippen LogP contribution in [0.5, 0.6) is 0 Å². The molecular weight excluding hydrogens is 741 g/mol. The van der Waals surface area contributed by atoms with Crippen LogP contribution in [0.1, 0.15) is 52.7 Å². The quantitative estimate of drug-likeness (QED) is 0.162. The Labute approximate surface area is 359 Å². The number of hydrogen-bond acceptors (Lipinski definition) is 4. The molecule has 11 rings (SSSR count). The first-order valence-corrected chi connectivity index (χ1v) is 21.4. The molecule has 6 heteroatoms. The Bertz CT molecular complexity index is 3120. The van der Waals surface area contributed by atoms with Crippen molar-refractivity contribution in [2.75, 3.05) is 14.7 Å². The summed E-state index contributed by atoms with van der Waals surface area (Å²) in [5.41, 5.74) is 16.2. The third kappa shape index (κ3) is 5.88. The summed E-state index contributed by atoms with van der Waals surface area (Å²) in [6.45, 7) is 13.7. The van der Waals surface area contributed by atoms with E-state index in [4.69, 9.17) is 4.98 Å². The van der Waals surface area contributed by atoms with Crippen molar-refractivity contribution < 1.29 is 0 Å². The maximum Gasteiger partial charge on any atom is 0.277 e. The SMILES string of the molecule is CC(C)(C)c1ccc(N(c2ccc3c(c2)N(c2ccccc2)c2cccc4c2B3c2nc3ccccn3c2N4c2ccccc2)c2ccc(C(C)(C)C)c3ccccc23)cc1. The van der Waals surface area contributed by atoms with Gasteiger partial charge in [0.1, 0.15) is 11.5 Å². The summed E-state index contributed by atoms with van der Waals surface area (Å²) in [5, 5.41) is 2.50. The second-order valence-corrected chi connectivity index (χ2v) is 18.5. The Morgan fingerprint density at radius 2 is 1.13 bits per heavy atom. The van der Waals surface area contributed by atoms with Crippen LogP contribution in [0.15, 0.2) is 182 Å². The van der Waals surface area contributed by atoms with E-state index in [9.17, 15) is 0 Å². The van der Waals surface area contributed by atoms with E-state index in [1.165, 1.54) is 32.8 Å². The zero-order valence-electron chi connectivity index (χ0n) is 35.6. The molecule has 0 saturated carbocycles. The smallest absolute Gasteiger partial charge is 0.277 e. The molecule has 0 atom stereocenters. The topological polar surface area (TPSA) is 27.0 Å². The van der Waals surface area contributed by atoms with Crippen molar-refractivity contribution in [3.63, 3.8) is 0 Å². The van der Waals surface area contributed by atoms with Crippen molar-refractivity contribution in [3.8, 4) is 0 Å². The van der Waals surface area contributed by atoms with Gasteiger partial charge in [0.2, 0.25) is 0 Å². The first kappa shape index (κ1) is 37.0. The molecule has 7 aromatic carbocycles. The van der Waals surface area contributed by atoms with E-state index in [1.807, 2.05) is 0 Å². The van der Waals surface area contributed by atoms with E-state index in [0.29, 0.717) is 0 Å². The number of aromatic nitrogens is 2. The molecule has 2 aliphatic heterocycles. The number of hydrogen-bond donors (Lipinski definition) is 0. The van der Waals surface area contributed by atoms with Gasteiger partial charge in [0.25, 0.3) is 6.71 Å². The summed E-state index contributed by atoms with van der Waals surface area (Å²) < 4.78 is 2.25. The van der Waals surface area contributed by atoms with Crippen molar-refractivity contribution in [3.05, 3.63) is 193 Å². The fourth-order valence-electron chi connectivity index (χ4n) is 9.80. The lowest BCUT2D eigenvalue weighted by molar-refractivity contribution is 0.590. The highest BCUT2D eigenvalue weighted by molar-refractivity contribution is 7.00. The van der Waals surface area contributed by atoms with Crippen molar-refractivity contribution in [2.24, 2.45) is 0 Å². The largest absolute Gasteiger partial charge is 0.311 e. The molecule has 0 unspecified atom stereocenters. The lowest BCUT2D eigenvalue weighted by Crippen LogP contribution is -2.61. The molecule has 5 nitrogen and oxygen atoms in total. The number of rotatable bonds is 5. The van der Waals surface area contributed by atoms with Gasteiger partial charge in [-0.3, -0.25) is 9.30 Å². The predicted octanol–water partition coefficient (Wildman–Crippen LogP) is 12.6. The van der Waals surface area contributed by atoms with Gasteiger partial charge >= 0.3 is 0 Å². The van der Waals surface area contributed by atoms with Gasteiger partial charge in [-0.25, -0.2) is 4.98 Å². The van der Waals surface area contributed by atoms with Crippen LogP contribution in [0.4, 0.5) is 51.3 Å². The Kier molecular flexibility index (Phi) is 8.34. The molecule has 296 valence electrons. The average molecular weight is 790 g/mol. The van der Waals surface area contributed by atoms with Gasteiger partial charge in [-0.05, 0) is 117 Å². The Hall–Kier alpha value is -7.05. The lowest BCUT2D eigenvalue weighted by Gasteiger charge is -2.43. The number of imidazole rings is 1. The first-order valence-electron chi connectivity index (χ1n) is 21.4. The van der Waals surface area contributed by atoms with Crippen LogP contribution in [-0.4, -0.2) is 16.1 Å². The molecule has 9 aromatic rings. The summed E-state index contributed by atoms with van der Waals surface area (Å²) in [5.74, 6) is 1.07. The van der Waals surface area contributed by atoms with Gasteiger partial charge in [-0.15, -0.1) is 0 Å². The first-order chi connectivity index (χ1) is 29.6. The normalized spacial score (nSPS) is 13.3. The van der Waals surface area contributed by atoms with Gasteiger partial charge < -0.3 is 9.80 Å². The second-order valence-electron chi connectivity index (χ2n) is 18.5. The third-order valence-electron chi connectivity index (χ3n) is 12.6. The second kappa shape index (κ2) is 13.8. The minimum absolute atomic E-state index is 0.0154. The standard InChI is InChI=1S/C55H48BN5/c1-54(2,3)37-27-29-40(30-28-37)59(46-34-32-44(55(4,5)6)42-22-13-14-23-43(42)46)41-31-33-45-49(36-41)60(38-18-9-7-10-19-38)47-24-17-25-48-51(47)56(45)52-53(58-35-16-15-26-50(58)57-52)61(48)39-20-11-8-12-21-39/h7-36H,1-6H3. The summed E-state index contributed by atoms with van der Waals surface area (Å²) in [4.78, 5) is 12.8. The molecule has 4 heterocycles. The Balaban J connectivity index is 1.19. The highest BCUT2D eigenvalue weighted by atomic mass is 15.3. The highest BCUT2D eigenvalue weighted by Gasteiger charge is 2.46. The molecule has 61 heavy (non-hydrogen) atoms. The summed E-state index contributed by atoms with van der Waals surface area (Å²) in [7, 11) is 0. The Morgan fingerprint density at radius 3 is 1.82 bits per heavy atom. The van der Waals surface area contributed by atoms with E-state index in [-0.39, 0.29) is 17.5 Å². The average Bonchev–Trinajstić information content (AvgIpc) is 3.66. The maximum atomic E-state index is 5.49. The van der Waals surface area contributed by atoms with Crippen LogP contribution >= 0.6 is 0 Å². The molecule has 0 spiro atoms. The van der Waals surface area contributed by atoms with Crippen LogP contribution in [0.2, 0.25) is 0 Å². The number of nitrogens with zero attached hydrogens (tertiary/aromatic N) is 5. The molecule has 0 fully saturated rings. The van der Waals surface area contributed by atoms with E-state index in [1.54, 1.807) is 0 Å². The minimum atomic E-state index is -0.100. The van der Waals surface area contributed by atoms with Gasteiger partial charge in [0, 0.05) is 51.4 Å². The lowest BCUT2D eigenvalue weighted by atomic mass is 9.35. The number of pyridine rings is 1. The van der Waals surface area contributed by atoms with Crippen LogP contribution in [0.25, 0.3) is 16.4 Å². The van der Waals surface area contributed by atoms with Crippen LogP contribution in [0, 0.1) is 0 Å². The zero-order chi connectivity index (χ0) is 41.6. The van der Waals surface area contributed by atoms with Crippen molar-refractivity contribution in [2.45, 2.75) is 52.4 Å². The third-order valence-corrected chi connectivity index (χ3v) is 12.6. The van der Waals surface area contributed by atoms with Gasteiger partial charge in [-0.1, -0.05) is 139 Å².